The predicted molar refractivity (Wildman–Crippen MR) is 79.9 cm³/mol. The molecular formula is C13H19NO4S2. The lowest BCUT2D eigenvalue weighted by atomic mass is 10.0. The van der Waals surface area contributed by atoms with Gasteiger partial charge in [-0.3, -0.25) is 0 Å². The highest BCUT2D eigenvalue weighted by Crippen LogP contribution is 2.30. The monoisotopic (exact) mass is 317 g/mol. The molecule has 1 unspecified atom stereocenters. The number of rotatable bonds is 6. The molecule has 0 bridgehead atoms. The van der Waals surface area contributed by atoms with Crippen molar-refractivity contribution in [3.05, 3.63) is 24.3 Å². The van der Waals surface area contributed by atoms with Crippen molar-refractivity contribution in [2.45, 2.75) is 16.9 Å². The summed E-state index contributed by atoms with van der Waals surface area (Å²) >= 11 is 1.78. The molecule has 1 aliphatic heterocycles. The maximum Gasteiger partial charge on any atom is 0.240 e. The van der Waals surface area contributed by atoms with Crippen molar-refractivity contribution in [2.24, 2.45) is 0 Å². The summed E-state index contributed by atoms with van der Waals surface area (Å²) in [6.07, 6.45) is 0.856. The van der Waals surface area contributed by atoms with Crippen molar-refractivity contribution in [1.82, 2.24) is 4.72 Å². The van der Waals surface area contributed by atoms with Crippen molar-refractivity contribution < 1.29 is 17.9 Å². The molecule has 0 aromatic heterocycles. The lowest BCUT2D eigenvalue weighted by Gasteiger charge is -2.26. The molecule has 1 aliphatic rings. The van der Waals surface area contributed by atoms with Gasteiger partial charge in [-0.1, -0.05) is 6.07 Å². The van der Waals surface area contributed by atoms with E-state index in [-0.39, 0.29) is 11.4 Å². The second-order valence-corrected chi connectivity index (χ2v) is 7.57. The van der Waals surface area contributed by atoms with Crippen molar-refractivity contribution in [1.29, 1.82) is 0 Å². The molecule has 0 amide bonds. The molecular weight excluding hydrogens is 298 g/mol. The molecule has 1 atom stereocenters. The minimum atomic E-state index is -3.55. The van der Waals surface area contributed by atoms with Gasteiger partial charge >= 0.3 is 0 Å². The standard InChI is InChI=1S/C13H19NO4S2/c1-17-11-4-3-5-12(8-11)20(15,16)14-9-13(18-2)6-7-19-10-13/h3-5,8,14H,6-7,9-10H2,1-2H3. The molecule has 0 radical (unpaired) electrons. The largest absolute Gasteiger partial charge is 0.497 e. The third-order valence-electron chi connectivity index (χ3n) is 3.44. The number of methoxy groups -OCH3 is 2. The lowest BCUT2D eigenvalue weighted by molar-refractivity contribution is 0.0179. The van der Waals surface area contributed by atoms with E-state index in [1.807, 2.05) is 0 Å². The van der Waals surface area contributed by atoms with Crippen LogP contribution in [0.25, 0.3) is 0 Å². The number of nitrogens with one attached hydrogen (secondary N) is 1. The third-order valence-corrected chi connectivity index (χ3v) is 6.06. The summed E-state index contributed by atoms with van der Waals surface area (Å²) in [5, 5.41) is 0. The Bertz CT molecular complexity index is 553. The van der Waals surface area contributed by atoms with Gasteiger partial charge in [0.2, 0.25) is 10.0 Å². The summed E-state index contributed by atoms with van der Waals surface area (Å²) in [4.78, 5) is 0.203. The van der Waals surface area contributed by atoms with Crippen molar-refractivity contribution in [3.63, 3.8) is 0 Å². The molecule has 2 rings (SSSR count). The summed E-state index contributed by atoms with van der Waals surface area (Å²) in [6.45, 7) is 0.288. The van der Waals surface area contributed by atoms with E-state index in [0.29, 0.717) is 5.75 Å². The molecule has 1 aromatic carbocycles. The lowest BCUT2D eigenvalue weighted by Crippen LogP contribution is -2.44. The van der Waals surface area contributed by atoms with Crippen LogP contribution in [0.1, 0.15) is 6.42 Å². The van der Waals surface area contributed by atoms with E-state index in [1.54, 1.807) is 37.1 Å². The summed E-state index contributed by atoms with van der Waals surface area (Å²) in [6, 6.07) is 6.42. The normalized spacial score (nSPS) is 22.9. The van der Waals surface area contributed by atoms with Crippen molar-refractivity contribution in [3.8, 4) is 5.75 Å². The van der Waals surface area contributed by atoms with Crippen LogP contribution in [0.3, 0.4) is 0 Å². The van der Waals surface area contributed by atoms with Crippen LogP contribution in [0.15, 0.2) is 29.2 Å². The Hall–Kier alpha value is -0.760. The van der Waals surface area contributed by atoms with Crippen LogP contribution in [-0.4, -0.2) is 46.3 Å². The fourth-order valence-electron chi connectivity index (χ4n) is 2.04. The van der Waals surface area contributed by atoms with Crippen LogP contribution in [0, 0.1) is 0 Å². The van der Waals surface area contributed by atoms with E-state index in [4.69, 9.17) is 9.47 Å². The van der Waals surface area contributed by atoms with Crippen molar-refractivity contribution >= 4 is 21.8 Å². The number of ether oxygens (including phenoxy) is 2. The van der Waals surface area contributed by atoms with Gasteiger partial charge in [-0.25, -0.2) is 13.1 Å². The fourth-order valence-corrected chi connectivity index (χ4v) is 4.59. The molecule has 1 fully saturated rings. The van der Waals surface area contributed by atoms with Gasteiger partial charge in [0, 0.05) is 25.5 Å². The Morgan fingerprint density at radius 2 is 2.20 bits per heavy atom. The highest BCUT2D eigenvalue weighted by atomic mass is 32.2. The van der Waals surface area contributed by atoms with E-state index in [0.717, 1.165) is 17.9 Å². The van der Waals surface area contributed by atoms with Gasteiger partial charge in [-0.05, 0) is 24.3 Å². The quantitative estimate of drug-likeness (QED) is 0.861. The minimum absolute atomic E-state index is 0.203. The predicted octanol–water partition coefficient (Wildman–Crippen LogP) is 1.50. The molecule has 5 nitrogen and oxygen atoms in total. The first-order chi connectivity index (χ1) is 9.51. The first-order valence-electron chi connectivity index (χ1n) is 6.28. The molecule has 0 aliphatic carbocycles. The number of benzene rings is 1. The maximum atomic E-state index is 12.3. The first kappa shape index (κ1) is 15.6. The van der Waals surface area contributed by atoms with Crippen LogP contribution >= 0.6 is 11.8 Å². The van der Waals surface area contributed by atoms with Gasteiger partial charge in [0.25, 0.3) is 0 Å². The Balaban J connectivity index is 2.10. The Morgan fingerprint density at radius 3 is 2.80 bits per heavy atom. The number of sulfonamides is 1. The van der Waals surface area contributed by atoms with E-state index in [2.05, 4.69) is 4.72 Å². The van der Waals surface area contributed by atoms with Crippen LogP contribution in [0.2, 0.25) is 0 Å². The van der Waals surface area contributed by atoms with Crippen LogP contribution in [0.4, 0.5) is 0 Å². The molecule has 1 saturated heterocycles. The molecule has 7 heteroatoms. The summed E-state index contributed by atoms with van der Waals surface area (Å²) in [5.41, 5.74) is -0.392. The second kappa shape index (κ2) is 6.34. The highest BCUT2D eigenvalue weighted by Gasteiger charge is 2.35. The van der Waals surface area contributed by atoms with Gasteiger partial charge in [-0.2, -0.15) is 11.8 Å². The zero-order chi connectivity index (χ0) is 14.6. The van der Waals surface area contributed by atoms with E-state index in [9.17, 15) is 8.42 Å². The van der Waals surface area contributed by atoms with Crippen molar-refractivity contribution in [2.75, 3.05) is 32.3 Å². The molecule has 0 spiro atoms. The molecule has 1 heterocycles. The molecule has 0 saturated carbocycles. The zero-order valence-electron chi connectivity index (χ0n) is 11.6. The van der Waals surface area contributed by atoms with Gasteiger partial charge in [0.15, 0.2) is 0 Å². The van der Waals surface area contributed by atoms with E-state index >= 15 is 0 Å². The molecule has 20 heavy (non-hydrogen) atoms. The zero-order valence-corrected chi connectivity index (χ0v) is 13.2. The Kier molecular flexibility index (Phi) is 4.95. The average Bonchev–Trinajstić information content (AvgIpc) is 2.95. The molecule has 1 N–H and O–H groups in total. The van der Waals surface area contributed by atoms with Crippen LogP contribution in [-0.2, 0) is 14.8 Å². The SMILES string of the molecule is COc1cccc(S(=O)(=O)NCC2(OC)CCSC2)c1. The average molecular weight is 317 g/mol. The number of hydrogen-bond donors (Lipinski definition) is 1. The number of hydrogen-bond acceptors (Lipinski definition) is 5. The van der Waals surface area contributed by atoms with E-state index < -0.39 is 15.6 Å². The minimum Gasteiger partial charge on any atom is -0.497 e. The van der Waals surface area contributed by atoms with E-state index in [1.165, 1.54) is 13.2 Å². The first-order valence-corrected chi connectivity index (χ1v) is 8.92. The van der Waals surface area contributed by atoms with Crippen LogP contribution < -0.4 is 9.46 Å². The van der Waals surface area contributed by atoms with Crippen LogP contribution in [0.5, 0.6) is 5.75 Å². The van der Waals surface area contributed by atoms with Gasteiger partial charge < -0.3 is 9.47 Å². The third kappa shape index (κ3) is 3.46. The Morgan fingerprint density at radius 1 is 1.40 bits per heavy atom. The summed E-state index contributed by atoms with van der Waals surface area (Å²) < 4.78 is 37.8. The Labute approximate surface area is 124 Å². The topological polar surface area (TPSA) is 64.6 Å². The van der Waals surface area contributed by atoms with Gasteiger partial charge in [-0.15, -0.1) is 0 Å². The highest BCUT2D eigenvalue weighted by molar-refractivity contribution is 7.99. The fraction of sp³-hybridized carbons (Fsp3) is 0.538. The maximum absolute atomic E-state index is 12.3. The smallest absolute Gasteiger partial charge is 0.240 e. The molecule has 112 valence electrons. The van der Waals surface area contributed by atoms with Gasteiger partial charge in [0.1, 0.15) is 5.75 Å². The summed E-state index contributed by atoms with van der Waals surface area (Å²) in [7, 11) is -0.408. The second-order valence-electron chi connectivity index (χ2n) is 4.69. The number of thioether (sulfide) groups is 1. The summed E-state index contributed by atoms with van der Waals surface area (Å²) in [5.74, 6) is 2.32. The molecule has 1 aromatic rings. The van der Waals surface area contributed by atoms with Gasteiger partial charge in [0.05, 0.1) is 17.6 Å².